The highest BCUT2D eigenvalue weighted by molar-refractivity contribution is 7.17. The monoisotopic (exact) mass is 426 g/mol. The maximum atomic E-state index is 13.1. The Kier molecular flexibility index (Phi) is 5.78. The minimum Gasteiger partial charge on any atom is -0.497 e. The van der Waals surface area contributed by atoms with Crippen LogP contribution in [0.15, 0.2) is 65.0 Å². The molecule has 0 bridgehead atoms. The van der Waals surface area contributed by atoms with Crippen LogP contribution in [-0.4, -0.2) is 34.5 Å². The van der Waals surface area contributed by atoms with E-state index >= 15 is 0 Å². The van der Waals surface area contributed by atoms with Crippen molar-refractivity contribution in [2.45, 2.75) is 12.6 Å². The first-order valence-electron chi connectivity index (χ1n) is 9.22. The molecule has 30 heavy (non-hydrogen) atoms. The van der Waals surface area contributed by atoms with Crippen molar-refractivity contribution < 1.29 is 19.0 Å². The average molecular weight is 426 g/mol. The molecule has 2 aromatic heterocycles. The maximum absolute atomic E-state index is 13.1. The number of ether oxygens (including phenoxy) is 2. The van der Waals surface area contributed by atoms with Gasteiger partial charge in [0.1, 0.15) is 34.9 Å². The number of hydrogen-bond acceptors (Lipinski definition) is 6. The number of hydrogen-bond donors (Lipinski definition) is 1. The van der Waals surface area contributed by atoms with Gasteiger partial charge in [0.15, 0.2) is 0 Å². The van der Waals surface area contributed by atoms with E-state index in [4.69, 9.17) is 9.47 Å². The Hall–Kier alpha value is -3.23. The van der Waals surface area contributed by atoms with E-state index < -0.39 is 6.10 Å². The van der Waals surface area contributed by atoms with Crippen molar-refractivity contribution in [3.05, 3.63) is 76.4 Å². The molecule has 0 spiro atoms. The molecule has 0 radical (unpaired) electrons. The minimum absolute atomic E-state index is 0.0286. The number of rotatable bonds is 7. The highest BCUT2D eigenvalue weighted by atomic mass is 32.1. The van der Waals surface area contributed by atoms with Crippen molar-refractivity contribution in [3.63, 3.8) is 0 Å². The van der Waals surface area contributed by atoms with Gasteiger partial charge in [-0.05, 0) is 42.0 Å². The number of halogens is 1. The average Bonchev–Trinajstić information content (AvgIpc) is 3.20. The Morgan fingerprint density at radius 2 is 1.83 bits per heavy atom. The van der Waals surface area contributed by atoms with Gasteiger partial charge in [-0.1, -0.05) is 12.1 Å². The second-order valence-electron chi connectivity index (χ2n) is 6.68. The standard InChI is InChI=1S/C22H19FN2O4S/c1-28-17-6-2-14(3-7-17)19-12-30-21-20(19)22(27)25(13-24-21)10-16(26)11-29-18-8-4-15(23)5-9-18/h2-9,12-13,16,26H,10-11H2,1H3/t16-/m0/s1. The number of methoxy groups -OCH3 is 1. The van der Waals surface area contributed by atoms with Gasteiger partial charge in [-0.15, -0.1) is 11.3 Å². The Labute approximate surface area is 175 Å². The summed E-state index contributed by atoms with van der Waals surface area (Å²) in [5, 5.41) is 12.7. The molecule has 0 saturated carbocycles. The van der Waals surface area contributed by atoms with Gasteiger partial charge >= 0.3 is 0 Å². The van der Waals surface area contributed by atoms with Crippen molar-refractivity contribution in [3.8, 4) is 22.6 Å². The molecule has 0 aliphatic heterocycles. The lowest BCUT2D eigenvalue weighted by Gasteiger charge is -2.14. The number of aromatic nitrogens is 2. The summed E-state index contributed by atoms with van der Waals surface area (Å²) < 4.78 is 25.0. The second-order valence-corrected chi connectivity index (χ2v) is 7.54. The molecule has 1 N–H and O–H groups in total. The third kappa shape index (κ3) is 4.19. The Bertz CT molecular complexity index is 1200. The minimum atomic E-state index is -0.935. The molecule has 8 heteroatoms. The molecule has 4 aromatic rings. The van der Waals surface area contributed by atoms with Crippen LogP contribution in [0.5, 0.6) is 11.5 Å². The first-order valence-corrected chi connectivity index (χ1v) is 10.1. The van der Waals surface area contributed by atoms with Crippen LogP contribution < -0.4 is 15.0 Å². The molecule has 4 rings (SSSR count). The van der Waals surface area contributed by atoms with E-state index in [1.54, 1.807) is 7.11 Å². The summed E-state index contributed by atoms with van der Waals surface area (Å²) >= 11 is 1.40. The molecule has 2 aromatic carbocycles. The molecular formula is C22H19FN2O4S. The van der Waals surface area contributed by atoms with E-state index in [-0.39, 0.29) is 24.5 Å². The van der Waals surface area contributed by atoms with Gasteiger partial charge in [0.25, 0.3) is 5.56 Å². The van der Waals surface area contributed by atoms with Crippen LogP contribution in [0.2, 0.25) is 0 Å². The highest BCUT2D eigenvalue weighted by Crippen LogP contribution is 2.31. The number of aliphatic hydroxyl groups is 1. The summed E-state index contributed by atoms with van der Waals surface area (Å²) in [7, 11) is 1.60. The molecule has 0 aliphatic rings. The lowest BCUT2D eigenvalue weighted by atomic mass is 10.1. The molecule has 0 aliphatic carbocycles. The van der Waals surface area contributed by atoms with Crippen LogP contribution in [0.1, 0.15) is 0 Å². The van der Waals surface area contributed by atoms with Crippen LogP contribution in [0.25, 0.3) is 21.3 Å². The number of aliphatic hydroxyl groups excluding tert-OH is 1. The number of thiophene rings is 1. The SMILES string of the molecule is COc1ccc(-c2csc3ncn(C[C@H](O)COc4ccc(F)cc4)c(=O)c23)cc1. The van der Waals surface area contributed by atoms with E-state index in [1.165, 1.54) is 46.5 Å². The van der Waals surface area contributed by atoms with E-state index in [1.807, 2.05) is 29.6 Å². The van der Waals surface area contributed by atoms with Crippen molar-refractivity contribution in [1.82, 2.24) is 9.55 Å². The van der Waals surface area contributed by atoms with E-state index in [9.17, 15) is 14.3 Å². The topological polar surface area (TPSA) is 73.6 Å². The van der Waals surface area contributed by atoms with Gasteiger partial charge in [-0.25, -0.2) is 9.37 Å². The predicted molar refractivity (Wildman–Crippen MR) is 114 cm³/mol. The van der Waals surface area contributed by atoms with Crippen molar-refractivity contribution in [1.29, 1.82) is 0 Å². The fourth-order valence-electron chi connectivity index (χ4n) is 3.08. The predicted octanol–water partition coefficient (Wildman–Crippen LogP) is 3.71. The maximum Gasteiger partial charge on any atom is 0.262 e. The molecule has 154 valence electrons. The lowest BCUT2D eigenvalue weighted by molar-refractivity contribution is 0.0914. The zero-order valence-electron chi connectivity index (χ0n) is 16.1. The summed E-state index contributed by atoms with van der Waals surface area (Å²) in [5.41, 5.74) is 1.45. The highest BCUT2D eigenvalue weighted by Gasteiger charge is 2.15. The normalized spacial score (nSPS) is 12.1. The third-order valence-electron chi connectivity index (χ3n) is 4.63. The van der Waals surface area contributed by atoms with Crippen LogP contribution in [-0.2, 0) is 6.54 Å². The number of nitrogens with zero attached hydrogens (tertiary/aromatic N) is 2. The largest absolute Gasteiger partial charge is 0.497 e. The smallest absolute Gasteiger partial charge is 0.262 e. The van der Waals surface area contributed by atoms with Gasteiger partial charge in [-0.2, -0.15) is 0 Å². The van der Waals surface area contributed by atoms with Crippen LogP contribution >= 0.6 is 11.3 Å². The molecule has 0 unspecified atom stereocenters. The number of fused-ring (bicyclic) bond motifs is 1. The fraction of sp³-hybridized carbons (Fsp3) is 0.182. The molecule has 6 nitrogen and oxygen atoms in total. The molecule has 0 saturated heterocycles. The molecular weight excluding hydrogens is 407 g/mol. The van der Waals surface area contributed by atoms with Gasteiger partial charge < -0.3 is 14.6 Å². The van der Waals surface area contributed by atoms with Crippen LogP contribution in [0.3, 0.4) is 0 Å². The Morgan fingerprint density at radius 1 is 1.13 bits per heavy atom. The molecule has 1 atom stereocenters. The number of benzene rings is 2. The Morgan fingerprint density at radius 3 is 2.53 bits per heavy atom. The molecule has 0 fully saturated rings. The summed E-state index contributed by atoms with van der Waals surface area (Å²) in [6, 6.07) is 13.0. The zero-order valence-corrected chi connectivity index (χ0v) is 16.9. The zero-order chi connectivity index (χ0) is 21.1. The summed E-state index contributed by atoms with van der Waals surface area (Å²) in [4.78, 5) is 18.1. The summed E-state index contributed by atoms with van der Waals surface area (Å²) in [6.07, 6.45) is 0.496. The van der Waals surface area contributed by atoms with Gasteiger partial charge in [0.2, 0.25) is 0 Å². The first-order chi connectivity index (χ1) is 14.5. The van der Waals surface area contributed by atoms with Gasteiger partial charge in [-0.3, -0.25) is 9.36 Å². The van der Waals surface area contributed by atoms with E-state index in [2.05, 4.69) is 4.98 Å². The summed E-state index contributed by atoms with van der Waals surface area (Å²) in [6.45, 7) is -0.00799. The van der Waals surface area contributed by atoms with Crippen molar-refractivity contribution >= 4 is 21.6 Å². The van der Waals surface area contributed by atoms with Crippen LogP contribution in [0, 0.1) is 5.82 Å². The van der Waals surface area contributed by atoms with Gasteiger partial charge in [0.05, 0.1) is 25.4 Å². The Balaban J connectivity index is 1.55. The van der Waals surface area contributed by atoms with Gasteiger partial charge in [0, 0.05) is 10.9 Å². The third-order valence-corrected chi connectivity index (χ3v) is 5.51. The molecule has 2 heterocycles. The quantitative estimate of drug-likeness (QED) is 0.488. The van der Waals surface area contributed by atoms with Crippen molar-refractivity contribution in [2.24, 2.45) is 0 Å². The second kappa shape index (κ2) is 8.64. The molecule has 0 amide bonds. The van der Waals surface area contributed by atoms with E-state index in [0.29, 0.717) is 16.0 Å². The lowest BCUT2D eigenvalue weighted by Crippen LogP contribution is -2.30. The van der Waals surface area contributed by atoms with Crippen LogP contribution in [0.4, 0.5) is 4.39 Å². The summed E-state index contributed by atoms with van der Waals surface area (Å²) in [5.74, 6) is 0.811. The van der Waals surface area contributed by atoms with Crippen molar-refractivity contribution in [2.75, 3.05) is 13.7 Å². The first kappa shape index (κ1) is 20.1. The fourth-order valence-corrected chi connectivity index (χ4v) is 3.99. The van der Waals surface area contributed by atoms with E-state index in [0.717, 1.165) is 16.9 Å².